The van der Waals surface area contributed by atoms with Crippen LogP contribution in [0.25, 0.3) is 90.1 Å². The summed E-state index contributed by atoms with van der Waals surface area (Å²) >= 11 is 0. The highest BCUT2D eigenvalue weighted by Gasteiger charge is 2.41. The Balaban J connectivity index is 0.867. The molecule has 0 amide bonds. The van der Waals surface area contributed by atoms with Gasteiger partial charge in [-0.3, -0.25) is 9.97 Å². The molecule has 0 spiro atoms. The zero-order valence-electron chi connectivity index (χ0n) is 36.8. The first-order valence-corrected chi connectivity index (χ1v) is 23.0. The molecule has 3 aliphatic carbocycles. The monoisotopic (exact) mass is 868 g/mol. The number of hydrogen-bond acceptors (Lipinski definition) is 6. The second-order valence-corrected chi connectivity index (χ2v) is 17.5. The van der Waals surface area contributed by atoms with Crippen LogP contribution in [-0.2, 0) is 0 Å². The van der Waals surface area contributed by atoms with Crippen molar-refractivity contribution in [1.82, 2.24) is 29.9 Å². The Morgan fingerprint density at radius 3 is 0.985 bits per heavy atom. The number of rotatable bonds is 8. The zero-order chi connectivity index (χ0) is 45.0. The lowest BCUT2D eigenvalue weighted by atomic mass is 9.60. The lowest BCUT2D eigenvalue weighted by Gasteiger charge is -2.42. The fourth-order valence-electron chi connectivity index (χ4n) is 10.3. The molecule has 3 aliphatic rings. The molecule has 0 N–H and O–H groups in total. The van der Waals surface area contributed by atoms with Crippen LogP contribution in [0.2, 0.25) is 0 Å². The van der Waals surface area contributed by atoms with Crippen molar-refractivity contribution in [1.29, 1.82) is 0 Å². The molecule has 11 aromatic rings. The van der Waals surface area contributed by atoms with Gasteiger partial charge >= 0.3 is 0 Å². The van der Waals surface area contributed by atoms with E-state index in [1.54, 1.807) is 24.8 Å². The molecule has 0 aliphatic heterocycles. The molecule has 7 aromatic carbocycles. The van der Waals surface area contributed by atoms with Crippen LogP contribution in [0.1, 0.15) is 45.2 Å². The van der Waals surface area contributed by atoms with Gasteiger partial charge < -0.3 is 0 Å². The van der Waals surface area contributed by atoms with Crippen LogP contribution in [0.3, 0.4) is 0 Å². The molecule has 4 aromatic heterocycles. The van der Waals surface area contributed by atoms with Crippen molar-refractivity contribution in [2.24, 2.45) is 0 Å². The van der Waals surface area contributed by atoms with Gasteiger partial charge in [0.1, 0.15) is 0 Å². The van der Waals surface area contributed by atoms with Crippen LogP contribution < -0.4 is 0 Å². The standard InChI is InChI=1S/C62H40N6/c1-3-11-41(12-4-1)61-65-55(39-25-29-63-30-26-39)37-57(67-61)47-17-9-15-43(33-47)45-21-23-51-53(35-45)59-49-19-7-8-20-50(49)60(51)54-36-46(22-24-52(54)59)44-16-10-18-48(34-44)58-38-56(40-27-31-64-32-28-40)66-62(68-58)42-13-5-2-6-14-42/h1-38,59-60H. The van der Waals surface area contributed by atoms with Crippen LogP contribution in [0.5, 0.6) is 0 Å². The quantitative estimate of drug-likeness (QED) is 0.151. The van der Waals surface area contributed by atoms with E-state index in [0.717, 1.165) is 67.3 Å². The second-order valence-electron chi connectivity index (χ2n) is 17.5. The van der Waals surface area contributed by atoms with Gasteiger partial charge in [0.25, 0.3) is 0 Å². The smallest absolute Gasteiger partial charge is 0.160 e. The lowest BCUT2D eigenvalue weighted by molar-refractivity contribution is 0.755. The van der Waals surface area contributed by atoms with Crippen LogP contribution >= 0.6 is 0 Å². The van der Waals surface area contributed by atoms with Gasteiger partial charge in [-0.05, 0) is 116 Å². The third-order valence-corrected chi connectivity index (χ3v) is 13.5. The Kier molecular flexibility index (Phi) is 9.53. The molecular formula is C62H40N6. The molecule has 4 heterocycles. The number of nitrogens with zero attached hydrogens (tertiary/aromatic N) is 6. The molecule has 2 unspecified atom stereocenters. The van der Waals surface area contributed by atoms with E-state index in [2.05, 4.69) is 156 Å². The van der Waals surface area contributed by atoms with Crippen LogP contribution in [0, 0.1) is 0 Å². The first kappa shape index (κ1) is 39.4. The van der Waals surface area contributed by atoms with E-state index in [-0.39, 0.29) is 11.8 Å². The third kappa shape index (κ3) is 6.98. The molecule has 0 fully saturated rings. The summed E-state index contributed by atoms with van der Waals surface area (Å²) in [6.07, 6.45) is 7.22. The van der Waals surface area contributed by atoms with Crippen molar-refractivity contribution in [3.05, 3.63) is 264 Å². The molecule has 6 nitrogen and oxygen atoms in total. The molecule has 0 saturated carbocycles. The Bertz CT molecular complexity index is 3330. The molecule has 6 heteroatoms. The zero-order valence-corrected chi connectivity index (χ0v) is 36.8. The molecule has 2 atom stereocenters. The van der Waals surface area contributed by atoms with E-state index in [4.69, 9.17) is 19.9 Å². The van der Waals surface area contributed by atoms with Gasteiger partial charge in [-0.1, -0.05) is 146 Å². The number of pyridine rings is 2. The first-order chi connectivity index (χ1) is 33.7. The third-order valence-electron chi connectivity index (χ3n) is 13.5. The summed E-state index contributed by atoms with van der Waals surface area (Å²) < 4.78 is 0. The van der Waals surface area contributed by atoms with Crippen LogP contribution in [0.15, 0.2) is 231 Å². The second kappa shape index (κ2) is 16.5. The highest BCUT2D eigenvalue weighted by molar-refractivity contribution is 5.81. The SMILES string of the molecule is c1ccc(-c2nc(-c3ccncc3)cc(-c3cccc(-c4ccc5c(c4)C4c6ccccc6C5c5cc(-c6cccc(-c7cc(-c8ccncc8)nc(-c8ccccc8)n7)c6)ccc54)c3)n2)cc1. The van der Waals surface area contributed by atoms with E-state index in [9.17, 15) is 0 Å². The summed E-state index contributed by atoms with van der Waals surface area (Å²) in [4.78, 5) is 28.8. The molecule has 0 radical (unpaired) electrons. The van der Waals surface area contributed by atoms with Crippen molar-refractivity contribution in [2.75, 3.05) is 0 Å². The largest absolute Gasteiger partial charge is 0.265 e. The van der Waals surface area contributed by atoms with Gasteiger partial charge in [0.15, 0.2) is 11.6 Å². The predicted molar refractivity (Wildman–Crippen MR) is 271 cm³/mol. The Hall–Kier alpha value is -9.00. The maximum absolute atomic E-state index is 5.13. The summed E-state index contributed by atoms with van der Waals surface area (Å²) in [7, 11) is 0. The number of aromatic nitrogens is 6. The maximum atomic E-state index is 5.13. The van der Waals surface area contributed by atoms with E-state index < -0.39 is 0 Å². The average molecular weight is 869 g/mol. The minimum atomic E-state index is 0.118. The van der Waals surface area contributed by atoms with Crippen molar-refractivity contribution < 1.29 is 0 Å². The van der Waals surface area contributed by atoms with Gasteiger partial charge in [0, 0.05) is 70.0 Å². The fraction of sp³-hybridized carbons (Fsp3) is 0.0323. The first-order valence-electron chi connectivity index (χ1n) is 23.0. The number of benzene rings is 7. The summed E-state index contributed by atoms with van der Waals surface area (Å²) in [5.74, 6) is 1.62. The Morgan fingerprint density at radius 2 is 0.559 bits per heavy atom. The topological polar surface area (TPSA) is 77.3 Å². The van der Waals surface area contributed by atoms with Crippen molar-refractivity contribution in [3.63, 3.8) is 0 Å². The Labute approximate surface area is 394 Å². The van der Waals surface area contributed by atoms with E-state index in [1.807, 2.05) is 60.7 Å². The summed E-state index contributed by atoms with van der Waals surface area (Å²) in [6.45, 7) is 0. The molecule has 0 saturated heterocycles. The van der Waals surface area contributed by atoms with Gasteiger partial charge in [0.2, 0.25) is 0 Å². The molecule has 318 valence electrons. The highest BCUT2D eigenvalue weighted by atomic mass is 14.9. The Morgan fingerprint density at radius 1 is 0.221 bits per heavy atom. The van der Waals surface area contributed by atoms with Crippen LogP contribution in [-0.4, -0.2) is 29.9 Å². The fourth-order valence-corrected chi connectivity index (χ4v) is 10.3. The highest BCUT2D eigenvalue weighted by Crippen LogP contribution is 2.57. The van der Waals surface area contributed by atoms with E-state index >= 15 is 0 Å². The molecule has 14 rings (SSSR count). The minimum absolute atomic E-state index is 0.118. The molecule has 2 bridgehead atoms. The van der Waals surface area contributed by atoms with Gasteiger partial charge in [-0.15, -0.1) is 0 Å². The minimum Gasteiger partial charge on any atom is -0.265 e. The predicted octanol–water partition coefficient (Wildman–Crippen LogP) is 14.4. The normalized spacial score (nSPS) is 14.2. The average Bonchev–Trinajstić information content (AvgIpc) is 3.43. The lowest BCUT2D eigenvalue weighted by Crippen LogP contribution is -2.27. The van der Waals surface area contributed by atoms with Gasteiger partial charge in [-0.2, -0.15) is 0 Å². The summed E-state index contributed by atoms with van der Waals surface area (Å²) in [5, 5.41) is 0. The van der Waals surface area contributed by atoms with Crippen molar-refractivity contribution in [2.45, 2.75) is 11.8 Å². The summed E-state index contributed by atoms with van der Waals surface area (Å²) in [6, 6.07) is 73.3. The number of hydrogen-bond donors (Lipinski definition) is 0. The van der Waals surface area contributed by atoms with Crippen molar-refractivity contribution in [3.8, 4) is 90.1 Å². The van der Waals surface area contributed by atoms with E-state index in [1.165, 1.54) is 44.5 Å². The van der Waals surface area contributed by atoms with Gasteiger partial charge in [0.05, 0.1) is 22.8 Å². The maximum Gasteiger partial charge on any atom is 0.160 e. The van der Waals surface area contributed by atoms with Crippen molar-refractivity contribution >= 4 is 0 Å². The van der Waals surface area contributed by atoms with E-state index in [0.29, 0.717) is 11.6 Å². The summed E-state index contributed by atoms with van der Waals surface area (Å²) in [5.41, 5.74) is 22.4. The molecule has 68 heavy (non-hydrogen) atoms. The van der Waals surface area contributed by atoms with Crippen LogP contribution in [0.4, 0.5) is 0 Å². The van der Waals surface area contributed by atoms with Gasteiger partial charge in [-0.25, -0.2) is 19.9 Å². The molecular weight excluding hydrogens is 829 g/mol.